The normalized spacial score (nSPS) is 33.2. The number of carboxylic acids is 1. The van der Waals surface area contributed by atoms with E-state index in [4.69, 9.17) is 0 Å². The molecule has 3 N–H and O–H groups in total. The number of nitrogens with one attached hydrogen (secondary N) is 1. The average molecular weight is 296 g/mol. The Morgan fingerprint density at radius 2 is 1.86 bits per heavy atom. The smallest absolute Gasteiger partial charge is 0.307 e. The monoisotopic (exact) mass is 296 g/mol. The molecule has 0 radical (unpaired) electrons. The van der Waals surface area contributed by atoms with E-state index in [9.17, 15) is 19.8 Å². The fraction of sp³-hybridized carbons (Fsp3) is 0.733. The first-order valence-corrected chi connectivity index (χ1v) is 7.27. The number of allylic oxidation sites excluding steroid dienone is 2. The van der Waals surface area contributed by atoms with Crippen LogP contribution in [0.25, 0.3) is 0 Å². The van der Waals surface area contributed by atoms with Gasteiger partial charge in [-0.2, -0.15) is 0 Å². The quantitative estimate of drug-likeness (QED) is 0.597. The largest absolute Gasteiger partial charge is 0.481 e. The van der Waals surface area contributed by atoms with Crippen LogP contribution in [-0.4, -0.2) is 59.8 Å². The summed E-state index contributed by atoms with van der Waals surface area (Å²) in [5.74, 6) is -2.36. The molecule has 0 aromatic carbocycles. The highest BCUT2D eigenvalue weighted by atomic mass is 16.4. The molecule has 0 aromatic heterocycles. The fourth-order valence-corrected chi connectivity index (χ4v) is 3.65. The van der Waals surface area contributed by atoms with Crippen molar-refractivity contribution in [2.75, 3.05) is 27.2 Å². The van der Waals surface area contributed by atoms with Crippen molar-refractivity contribution >= 4 is 11.9 Å². The van der Waals surface area contributed by atoms with E-state index in [1.165, 1.54) is 0 Å². The third-order valence-electron chi connectivity index (χ3n) is 4.35. The van der Waals surface area contributed by atoms with E-state index in [0.717, 1.165) is 6.42 Å². The SMILES string of the molecule is CN(C)CC(C)(O)CNC(=O)C1C2C=CC(C2)C1C(=O)O. The summed E-state index contributed by atoms with van der Waals surface area (Å²) in [6, 6.07) is 0. The van der Waals surface area contributed by atoms with Crippen molar-refractivity contribution < 1.29 is 19.8 Å². The molecule has 0 spiro atoms. The molecule has 2 aliphatic rings. The van der Waals surface area contributed by atoms with Gasteiger partial charge in [-0.25, -0.2) is 0 Å². The maximum absolute atomic E-state index is 12.3. The number of nitrogens with zero attached hydrogens (tertiary/aromatic N) is 1. The highest BCUT2D eigenvalue weighted by molar-refractivity contribution is 5.86. The van der Waals surface area contributed by atoms with Crippen molar-refractivity contribution in [3.63, 3.8) is 0 Å². The molecule has 5 atom stereocenters. The third-order valence-corrected chi connectivity index (χ3v) is 4.35. The van der Waals surface area contributed by atoms with Crippen LogP contribution >= 0.6 is 0 Å². The molecule has 2 rings (SSSR count). The molecule has 21 heavy (non-hydrogen) atoms. The first kappa shape index (κ1) is 16.0. The van der Waals surface area contributed by atoms with Crippen molar-refractivity contribution in [3.05, 3.63) is 12.2 Å². The summed E-state index contributed by atoms with van der Waals surface area (Å²) in [6.07, 6.45) is 4.60. The van der Waals surface area contributed by atoms with Gasteiger partial charge in [-0.15, -0.1) is 0 Å². The Kier molecular flexibility index (Phi) is 4.39. The Balaban J connectivity index is 1.97. The molecule has 2 aliphatic carbocycles. The molecule has 0 aliphatic heterocycles. The number of rotatable bonds is 6. The summed E-state index contributed by atoms with van der Waals surface area (Å²) in [7, 11) is 3.69. The highest BCUT2D eigenvalue weighted by Crippen LogP contribution is 2.48. The van der Waals surface area contributed by atoms with Crippen LogP contribution in [-0.2, 0) is 9.59 Å². The molecule has 118 valence electrons. The Bertz CT molecular complexity index is 459. The summed E-state index contributed by atoms with van der Waals surface area (Å²) >= 11 is 0. The van der Waals surface area contributed by atoms with Crippen molar-refractivity contribution in [1.82, 2.24) is 10.2 Å². The number of fused-ring (bicyclic) bond motifs is 2. The van der Waals surface area contributed by atoms with Gasteiger partial charge in [-0.3, -0.25) is 9.59 Å². The van der Waals surface area contributed by atoms with Crippen LogP contribution < -0.4 is 5.32 Å². The minimum Gasteiger partial charge on any atom is -0.481 e. The lowest BCUT2D eigenvalue weighted by molar-refractivity contribution is -0.148. The van der Waals surface area contributed by atoms with Crippen LogP contribution in [0.2, 0.25) is 0 Å². The first-order chi connectivity index (χ1) is 9.71. The summed E-state index contributed by atoms with van der Waals surface area (Å²) in [5, 5.41) is 22.3. The van der Waals surface area contributed by atoms with Gasteiger partial charge in [-0.05, 0) is 39.3 Å². The van der Waals surface area contributed by atoms with E-state index < -0.39 is 23.4 Å². The van der Waals surface area contributed by atoms with Crippen LogP contribution in [0.1, 0.15) is 13.3 Å². The number of hydrogen-bond donors (Lipinski definition) is 3. The molecule has 1 amide bonds. The predicted octanol–water partition coefficient (Wildman–Crippen LogP) is -0.0619. The number of likely N-dealkylation sites (N-methyl/N-ethyl adjacent to an activating group) is 1. The zero-order chi connectivity index (χ0) is 15.8. The number of amides is 1. The summed E-state index contributed by atoms with van der Waals surface area (Å²) < 4.78 is 0. The van der Waals surface area contributed by atoms with Crippen LogP contribution in [0.4, 0.5) is 0 Å². The van der Waals surface area contributed by atoms with Gasteiger partial charge in [-0.1, -0.05) is 12.2 Å². The molecule has 0 heterocycles. The molecular weight excluding hydrogens is 272 g/mol. The van der Waals surface area contributed by atoms with Crippen molar-refractivity contribution in [2.45, 2.75) is 18.9 Å². The first-order valence-electron chi connectivity index (χ1n) is 7.27. The zero-order valence-corrected chi connectivity index (χ0v) is 12.7. The highest BCUT2D eigenvalue weighted by Gasteiger charge is 2.51. The van der Waals surface area contributed by atoms with E-state index in [0.29, 0.717) is 6.54 Å². The fourth-order valence-electron chi connectivity index (χ4n) is 3.65. The Labute approximate surface area is 124 Å². The molecule has 5 unspecified atom stereocenters. The number of carbonyl (C=O) groups excluding carboxylic acids is 1. The third kappa shape index (κ3) is 3.44. The van der Waals surface area contributed by atoms with Gasteiger partial charge in [0.1, 0.15) is 0 Å². The summed E-state index contributed by atoms with van der Waals surface area (Å²) in [6.45, 7) is 2.20. The number of carbonyl (C=O) groups is 2. The molecular formula is C15H24N2O4. The minimum atomic E-state index is -1.04. The zero-order valence-electron chi connectivity index (χ0n) is 12.7. The van der Waals surface area contributed by atoms with E-state index in [1.807, 2.05) is 31.1 Å². The second-order valence-corrected chi connectivity index (χ2v) is 6.79. The van der Waals surface area contributed by atoms with Gasteiger partial charge in [0.2, 0.25) is 5.91 Å². The lowest BCUT2D eigenvalue weighted by atomic mass is 9.82. The van der Waals surface area contributed by atoms with Gasteiger partial charge in [0, 0.05) is 13.1 Å². The maximum atomic E-state index is 12.3. The van der Waals surface area contributed by atoms with Crippen molar-refractivity contribution in [3.8, 4) is 0 Å². The molecule has 2 bridgehead atoms. The molecule has 1 fully saturated rings. The number of aliphatic hydroxyl groups is 1. The van der Waals surface area contributed by atoms with Crippen molar-refractivity contribution in [2.24, 2.45) is 23.7 Å². The van der Waals surface area contributed by atoms with Gasteiger partial charge < -0.3 is 20.4 Å². The molecule has 6 heteroatoms. The van der Waals surface area contributed by atoms with Gasteiger partial charge in [0.25, 0.3) is 0 Å². The van der Waals surface area contributed by atoms with E-state index in [2.05, 4.69) is 5.32 Å². The minimum absolute atomic E-state index is 0.00916. The van der Waals surface area contributed by atoms with Gasteiger partial charge in [0.05, 0.1) is 17.4 Å². The molecule has 6 nitrogen and oxygen atoms in total. The standard InChI is InChI=1S/C15H24N2O4/c1-15(21,8-17(2)3)7-16-13(18)11-9-4-5-10(6-9)12(11)14(19)20/h4-5,9-12,21H,6-8H2,1-3H3,(H,16,18)(H,19,20). The number of carboxylic acid groups (broad SMARTS) is 1. The van der Waals surface area contributed by atoms with E-state index in [-0.39, 0.29) is 24.3 Å². The lowest BCUT2D eigenvalue weighted by Gasteiger charge is -2.29. The lowest BCUT2D eigenvalue weighted by Crippen LogP contribution is -2.49. The number of aliphatic carboxylic acids is 1. The maximum Gasteiger partial charge on any atom is 0.307 e. The Morgan fingerprint density at radius 3 is 2.38 bits per heavy atom. The molecule has 0 saturated heterocycles. The van der Waals surface area contributed by atoms with Gasteiger partial charge >= 0.3 is 5.97 Å². The molecule has 0 aromatic rings. The van der Waals surface area contributed by atoms with E-state index >= 15 is 0 Å². The van der Waals surface area contributed by atoms with Crippen LogP contribution in [0.5, 0.6) is 0 Å². The Hall–Kier alpha value is -1.40. The Morgan fingerprint density at radius 1 is 1.29 bits per heavy atom. The van der Waals surface area contributed by atoms with E-state index in [1.54, 1.807) is 6.92 Å². The molecule has 1 saturated carbocycles. The predicted molar refractivity (Wildman–Crippen MR) is 77.5 cm³/mol. The topological polar surface area (TPSA) is 89.9 Å². The average Bonchev–Trinajstić information content (AvgIpc) is 2.94. The summed E-state index contributed by atoms with van der Waals surface area (Å²) in [4.78, 5) is 25.6. The van der Waals surface area contributed by atoms with Crippen LogP contribution in [0, 0.1) is 23.7 Å². The van der Waals surface area contributed by atoms with Crippen LogP contribution in [0.15, 0.2) is 12.2 Å². The van der Waals surface area contributed by atoms with Gasteiger partial charge in [0.15, 0.2) is 0 Å². The van der Waals surface area contributed by atoms with Crippen LogP contribution in [0.3, 0.4) is 0 Å². The second-order valence-electron chi connectivity index (χ2n) is 6.79. The summed E-state index contributed by atoms with van der Waals surface area (Å²) in [5.41, 5.74) is -1.04. The van der Waals surface area contributed by atoms with Crippen molar-refractivity contribution in [1.29, 1.82) is 0 Å². The number of hydrogen-bond acceptors (Lipinski definition) is 4. The second kappa shape index (κ2) is 5.77.